The Kier molecular flexibility index (Phi) is 18.7. The van der Waals surface area contributed by atoms with Gasteiger partial charge in [-0.2, -0.15) is 0 Å². The van der Waals surface area contributed by atoms with Crippen molar-refractivity contribution in [3.05, 3.63) is 0 Å². The largest absolute Gasteiger partial charge is 0.395 e. The van der Waals surface area contributed by atoms with Crippen LogP contribution in [0.25, 0.3) is 0 Å². The maximum atomic E-state index is 8.47. The summed E-state index contributed by atoms with van der Waals surface area (Å²) in [5.74, 6) is 0. The van der Waals surface area contributed by atoms with Gasteiger partial charge in [0.15, 0.2) is 0 Å². The average Bonchev–Trinajstić information content (AvgIpc) is 2.27. The Morgan fingerprint density at radius 2 is 1.53 bits per heavy atom. The third-order valence-electron chi connectivity index (χ3n) is 2.09. The maximum absolute atomic E-state index is 8.47. The highest BCUT2D eigenvalue weighted by Gasteiger charge is 1.97. The van der Waals surface area contributed by atoms with E-state index in [0.29, 0.717) is 13.1 Å². The number of nitrogens with two attached hydrogens (primary N) is 1. The Hall–Kier alpha value is -0.160. The lowest BCUT2D eigenvalue weighted by Crippen LogP contribution is -2.29. The maximum Gasteiger partial charge on any atom is 0.0558 e. The minimum absolute atomic E-state index is 0.174. The summed E-state index contributed by atoms with van der Waals surface area (Å²) in [7, 11) is 0. The number of aliphatic hydroxyl groups is 2. The molecule has 0 fully saturated rings. The zero-order valence-electron chi connectivity index (χ0n) is 10.3. The van der Waals surface area contributed by atoms with E-state index in [1.165, 1.54) is 19.3 Å². The summed E-state index contributed by atoms with van der Waals surface area (Å²) in [6.07, 6.45) is 3.75. The highest BCUT2D eigenvalue weighted by atomic mass is 16.3. The number of hydrogen-bond donors (Lipinski definition) is 3. The first-order valence-corrected chi connectivity index (χ1v) is 5.90. The second kappa shape index (κ2) is 16.3. The first-order valence-electron chi connectivity index (χ1n) is 5.90. The van der Waals surface area contributed by atoms with Crippen molar-refractivity contribution in [2.45, 2.75) is 33.1 Å². The van der Waals surface area contributed by atoms with Gasteiger partial charge in [0, 0.05) is 13.1 Å². The molecule has 94 valence electrons. The normalized spacial score (nSPS) is 10.0. The second-order valence-corrected chi connectivity index (χ2v) is 3.38. The molecule has 0 aromatic carbocycles. The molecular formula is C11H28N2O2. The van der Waals surface area contributed by atoms with Crippen molar-refractivity contribution < 1.29 is 10.2 Å². The van der Waals surface area contributed by atoms with Crippen LogP contribution in [-0.2, 0) is 0 Å². The van der Waals surface area contributed by atoms with Crippen LogP contribution in [0.4, 0.5) is 0 Å². The van der Waals surface area contributed by atoms with Gasteiger partial charge in [0.2, 0.25) is 0 Å². The van der Waals surface area contributed by atoms with Gasteiger partial charge >= 0.3 is 0 Å². The topological polar surface area (TPSA) is 69.7 Å². The van der Waals surface area contributed by atoms with Crippen LogP contribution in [0.5, 0.6) is 0 Å². The van der Waals surface area contributed by atoms with Crippen molar-refractivity contribution in [2.75, 3.05) is 39.4 Å². The van der Waals surface area contributed by atoms with Crippen LogP contribution in [0.1, 0.15) is 33.1 Å². The molecule has 0 spiro atoms. The molecule has 0 amide bonds. The Balaban J connectivity index is 0. The van der Waals surface area contributed by atoms with E-state index in [4.69, 9.17) is 15.9 Å². The van der Waals surface area contributed by atoms with Crippen LogP contribution in [-0.4, -0.2) is 54.5 Å². The number of nitrogens with zero attached hydrogens (tertiary/aromatic N) is 1. The lowest BCUT2D eigenvalue weighted by molar-refractivity contribution is 0.166. The molecule has 0 atom stereocenters. The molecule has 0 radical (unpaired) electrons. The van der Waals surface area contributed by atoms with E-state index in [1.807, 2.05) is 11.8 Å². The third-order valence-corrected chi connectivity index (χ3v) is 2.09. The molecule has 0 aromatic heterocycles. The van der Waals surface area contributed by atoms with Gasteiger partial charge in [-0.05, 0) is 19.5 Å². The Labute approximate surface area is 94.1 Å². The van der Waals surface area contributed by atoms with Gasteiger partial charge in [-0.1, -0.05) is 26.7 Å². The second-order valence-electron chi connectivity index (χ2n) is 3.38. The van der Waals surface area contributed by atoms with E-state index in [9.17, 15) is 0 Å². The Morgan fingerprint density at radius 1 is 1.00 bits per heavy atom. The lowest BCUT2D eigenvalue weighted by atomic mass is 10.3. The van der Waals surface area contributed by atoms with E-state index in [0.717, 1.165) is 13.1 Å². The van der Waals surface area contributed by atoms with Gasteiger partial charge in [0.05, 0.1) is 13.2 Å². The average molecular weight is 220 g/mol. The monoisotopic (exact) mass is 220 g/mol. The van der Waals surface area contributed by atoms with Crippen molar-refractivity contribution >= 4 is 0 Å². The van der Waals surface area contributed by atoms with Gasteiger partial charge in [0.1, 0.15) is 0 Å². The number of unbranched alkanes of at least 4 members (excludes halogenated alkanes) is 2. The lowest BCUT2D eigenvalue weighted by Gasteiger charge is -2.16. The van der Waals surface area contributed by atoms with Gasteiger partial charge in [0.25, 0.3) is 0 Å². The van der Waals surface area contributed by atoms with Crippen molar-refractivity contribution in [1.82, 2.24) is 4.90 Å². The molecule has 0 bridgehead atoms. The first kappa shape index (κ1) is 17.2. The highest BCUT2D eigenvalue weighted by Crippen LogP contribution is 1.88. The van der Waals surface area contributed by atoms with Crippen LogP contribution in [0.2, 0.25) is 0 Å². The number of likely N-dealkylation sites (N-methyl/N-ethyl adjacent to an activating group) is 1. The summed E-state index contributed by atoms with van der Waals surface area (Å²) in [4.78, 5) is 1.99. The molecule has 0 rings (SSSR count). The van der Waals surface area contributed by atoms with E-state index < -0.39 is 0 Å². The van der Waals surface area contributed by atoms with Crippen LogP contribution >= 0.6 is 0 Å². The molecule has 0 aliphatic carbocycles. The predicted octanol–water partition coefficient (Wildman–Crippen LogP) is 0.428. The minimum Gasteiger partial charge on any atom is -0.395 e. The minimum atomic E-state index is 0.174. The fraction of sp³-hybridized carbons (Fsp3) is 1.00. The van der Waals surface area contributed by atoms with Gasteiger partial charge in [-0.15, -0.1) is 0 Å². The van der Waals surface area contributed by atoms with Crippen LogP contribution in [0.15, 0.2) is 0 Å². The molecule has 0 unspecified atom stereocenters. The Bertz CT molecular complexity index is 92.6. The fourth-order valence-electron chi connectivity index (χ4n) is 1.11. The zero-order chi connectivity index (χ0) is 11.9. The quantitative estimate of drug-likeness (QED) is 0.519. The molecule has 4 nitrogen and oxygen atoms in total. The van der Waals surface area contributed by atoms with Crippen LogP contribution in [0.3, 0.4) is 0 Å². The van der Waals surface area contributed by atoms with Crippen molar-refractivity contribution in [3.8, 4) is 0 Å². The molecule has 0 saturated heterocycles. The molecule has 4 heteroatoms. The smallest absolute Gasteiger partial charge is 0.0558 e. The first-order chi connectivity index (χ1) is 7.26. The molecular weight excluding hydrogens is 192 g/mol. The fourth-order valence-corrected chi connectivity index (χ4v) is 1.11. The summed E-state index contributed by atoms with van der Waals surface area (Å²) in [6, 6.07) is 0. The number of aliphatic hydroxyl groups excluding tert-OH is 2. The van der Waals surface area contributed by atoms with E-state index in [2.05, 4.69) is 6.92 Å². The third kappa shape index (κ3) is 16.5. The predicted molar refractivity (Wildman–Crippen MR) is 64.9 cm³/mol. The van der Waals surface area contributed by atoms with E-state index in [-0.39, 0.29) is 13.2 Å². The molecule has 0 saturated carbocycles. The SMILES string of the molecule is CCCCCN.CCN(CCO)CCO. The number of rotatable bonds is 8. The Morgan fingerprint density at radius 3 is 1.73 bits per heavy atom. The van der Waals surface area contributed by atoms with Crippen molar-refractivity contribution in [1.29, 1.82) is 0 Å². The molecule has 0 heterocycles. The van der Waals surface area contributed by atoms with E-state index in [1.54, 1.807) is 0 Å². The summed E-state index contributed by atoms with van der Waals surface area (Å²) >= 11 is 0. The van der Waals surface area contributed by atoms with Crippen molar-refractivity contribution in [3.63, 3.8) is 0 Å². The highest BCUT2D eigenvalue weighted by molar-refractivity contribution is 4.51. The molecule has 0 aliphatic rings. The summed E-state index contributed by atoms with van der Waals surface area (Å²) in [6.45, 7) is 7.60. The standard InChI is InChI=1S/C6H15NO2.C5H13N/c1-2-7(3-5-8)4-6-9;1-2-3-4-5-6/h8-9H,2-6H2,1H3;2-6H2,1H3. The summed E-state index contributed by atoms with van der Waals surface area (Å²) in [5, 5.41) is 16.9. The summed E-state index contributed by atoms with van der Waals surface area (Å²) in [5.41, 5.74) is 5.21. The molecule has 15 heavy (non-hydrogen) atoms. The van der Waals surface area contributed by atoms with Gasteiger partial charge in [-0.25, -0.2) is 0 Å². The van der Waals surface area contributed by atoms with Gasteiger partial charge < -0.3 is 15.9 Å². The molecule has 0 aromatic rings. The number of hydrogen-bond acceptors (Lipinski definition) is 4. The zero-order valence-corrected chi connectivity index (χ0v) is 10.3. The van der Waals surface area contributed by atoms with Crippen LogP contribution in [0, 0.1) is 0 Å². The molecule has 4 N–H and O–H groups in total. The van der Waals surface area contributed by atoms with Gasteiger partial charge in [-0.3, -0.25) is 4.90 Å². The van der Waals surface area contributed by atoms with E-state index >= 15 is 0 Å². The summed E-state index contributed by atoms with van der Waals surface area (Å²) < 4.78 is 0. The van der Waals surface area contributed by atoms with Crippen molar-refractivity contribution in [2.24, 2.45) is 5.73 Å². The van der Waals surface area contributed by atoms with Crippen LogP contribution < -0.4 is 5.73 Å². The molecule has 0 aliphatic heterocycles.